The summed E-state index contributed by atoms with van der Waals surface area (Å²) in [7, 11) is 0. The number of nitrogens with one attached hydrogen (secondary N) is 10. The van der Waals surface area contributed by atoms with Crippen LogP contribution in [0.1, 0.15) is 102 Å². The highest BCUT2D eigenvalue weighted by Crippen LogP contribution is 2.23. The first kappa shape index (κ1) is 66.1. The number of aliphatic hydroxyl groups is 1. The Morgan fingerprint density at radius 2 is 1.33 bits per heavy atom. The van der Waals surface area contributed by atoms with Crippen LogP contribution in [0.15, 0.2) is 72.2 Å². The van der Waals surface area contributed by atoms with E-state index in [1.165, 1.54) is 41.7 Å². The fourth-order valence-corrected chi connectivity index (χ4v) is 10.5. The second kappa shape index (κ2) is 32.4. The Hall–Kier alpha value is -9.41. The van der Waals surface area contributed by atoms with Crippen LogP contribution in [-0.4, -0.2) is 175 Å². The lowest BCUT2D eigenvalue weighted by atomic mass is 9.98. The van der Waals surface area contributed by atoms with Crippen molar-refractivity contribution in [3.63, 3.8) is 0 Å². The third-order valence-corrected chi connectivity index (χ3v) is 14.9. The number of benzene rings is 2. The van der Waals surface area contributed by atoms with E-state index in [0.29, 0.717) is 34.1 Å². The van der Waals surface area contributed by atoms with Crippen molar-refractivity contribution in [2.24, 2.45) is 34.0 Å². The lowest BCUT2D eigenvalue weighted by Gasteiger charge is -2.31. The number of guanidine groups is 1. The molecule has 0 unspecified atom stereocenters. The second-order valence-electron chi connectivity index (χ2n) is 22.9. The predicted molar refractivity (Wildman–Crippen MR) is 320 cm³/mol. The highest BCUT2D eigenvalue weighted by Gasteiger charge is 2.40. The number of nitrogens with zero attached hydrogens (tertiary/aromatic N) is 3. The number of H-pyrrole nitrogens is 2. The maximum atomic E-state index is 14.8. The molecule has 9 atom stereocenters. The van der Waals surface area contributed by atoms with Gasteiger partial charge in [0.1, 0.15) is 54.1 Å². The number of aliphatic hydroxyl groups excluding tert-OH is 1. The summed E-state index contributed by atoms with van der Waals surface area (Å²) in [6.45, 7) is 6.19. The quantitative estimate of drug-likeness (QED) is 0.0105. The van der Waals surface area contributed by atoms with Crippen LogP contribution in [0.25, 0.3) is 10.9 Å². The van der Waals surface area contributed by atoms with Gasteiger partial charge in [-0.1, -0.05) is 58.0 Å². The zero-order chi connectivity index (χ0) is 65.1. The molecule has 2 aliphatic heterocycles. The number of amides is 10. The molecule has 0 aliphatic carbocycles. The zero-order valence-electron chi connectivity index (χ0n) is 50.7. The van der Waals surface area contributed by atoms with Crippen molar-refractivity contribution in [3.8, 4) is 5.75 Å². The number of phenolic OH excluding ortho intramolecular Hbond substituents is 1. The number of carbonyl (C=O) groups excluding carboxylic acids is 11. The number of fused-ring (bicyclic) bond motifs is 1. The number of aromatic amines is 2. The number of imidazole rings is 1. The van der Waals surface area contributed by atoms with E-state index in [1.54, 1.807) is 58.2 Å². The molecule has 4 aromatic rings. The van der Waals surface area contributed by atoms with Crippen molar-refractivity contribution >= 4 is 81.7 Å². The molecule has 0 radical (unpaired) electrons. The van der Waals surface area contributed by atoms with E-state index < -0.39 is 133 Å². The summed E-state index contributed by atoms with van der Waals surface area (Å²) in [4.78, 5) is 167. The Kier molecular flexibility index (Phi) is 24.3. The minimum atomic E-state index is -1.94. The number of carbonyl (C=O) groups is 11. The highest BCUT2D eigenvalue weighted by molar-refractivity contribution is 6.03. The van der Waals surface area contributed by atoms with E-state index in [0.717, 1.165) is 0 Å². The molecule has 88 heavy (non-hydrogen) atoms. The molecule has 29 heteroatoms. The van der Waals surface area contributed by atoms with Crippen LogP contribution < -0.4 is 59.7 Å². The van der Waals surface area contributed by atoms with Gasteiger partial charge in [0.15, 0.2) is 13.2 Å². The van der Waals surface area contributed by atoms with Crippen molar-refractivity contribution in [1.29, 1.82) is 0 Å². The Balaban J connectivity index is 1.24. The lowest BCUT2D eigenvalue weighted by Crippen LogP contribution is -2.61. The number of primary amides is 1. The molecule has 2 aromatic carbocycles. The first-order valence-corrected chi connectivity index (χ1v) is 29.3. The maximum Gasteiger partial charge on any atom is 0.245 e. The van der Waals surface area contributed by atoms with Gasteiger partial charge in [-0.05, 0) is 86.1 Å². The fourth-order valence-electron chi connectivity index (χ4n) is 10.5. The van der Waals surface area contributed by atoms with Crippen molar-refractivity contribution < 1.29 is 64.4 Å². The third kappa shape index (κ3) is 20.1. The molecular weight excluding hydrogens is 1140 g/mol. The molecule has 476 valence electrons. The van der Waals surface area contributed by atoms with E-state index in [9.17, 15) is 64.4 Å². The second-order valence-corrected chi connectivity index (χ2v) is 22.9. The summed E-state index contributed by atoms with van der Waals surface area (Å²) in [6.07, 6.45) is 4.20. The molecule has 6 rings (SSSR count). The number of aromatic nitrogens is 3. The van der Waals surface area contributed by atoms with Gasteiger partial charge >= 0.3 is 0 Å². The summed E-state index contributed by atoms with van der Waals surface area (Å²) in [6, 6.07) is 0.0281. The summed E-state index contributed by atoms with van der Waals surface area (Å²) in [5.74, 6) is -9.81. The smallest absolute Gasteiger partial charge is 0.245 e. The van der Waals surface area contributed by atoms with Gasteiger partial charge in [0.2, 0.25) is 59.1 Å². The van der Waals surface area contributed by atoms with E-state index >= 15 is 0 Å². The van der Waals surface area contributed by atoms with E-state index in [1.807, 2.05) is 0 Å². The molecule has 0 saturated carbocycles. The van der Waals surface area contributed by atoms with Crippen LogP contribution in [0.4, 0.5) is 0 Å². The van der Waals surface area contributed by atoms with Crippen LogP contribution in [0.3, 0.4) is 0 Å². The number of nitrogens with two attached hydrogens (primary N) is 3. The summed E-state index contributed by atoms with van der Waals surface area (Å²) < 4.78 is 9.27. The van der Waals surface area contributed by atoms with Gasteiger partial charge < -0.3 is 84.8 Å². The maximum absolute atomic E-state index is 14.8. The number of phenols is 1. The Morgan fingerprint density at radius 3 is 1.92 bits per heavy atom. The molecule has 0 spiro atoms. The number of para-hydroxylation sites is 1. The van der Waals surface area contributed by atoms with Crippen LogP contribution in [0.5, 0.6) is 5.75 Å². The molecule has 2 saturated heterocycles. The molecule has 4 heterocycles. The molecule has 0 bridgehead atoms. The number of aliphatic imine (C=N–C) groups is 1. The number of aromatic hydroxyl groups is 1. The Morgan fingerprint density at radius 1 is 0.727 bits per heavy atom. The monoisotopic (exact) mass is 1220 g/mol. The predicted octanol–water partition coefficient (Wildman–Crippen LogP) is -2.13. The molecule has 29 nitrogen and oxygen atoms in total. The number of rotatable bonds is 33. The van der Waals surface area contributed by atoms with Gasteiger partial charge in [-0.2, -0.15) is 0 Å². The molecule has 2 fully saturated rings. The largest absolute Gasteiger partial charge is 0.508 e. The van der Waals surface area contributed by atoms with Gasteiger partial charge in [0, 0.05) is 67.8 Å². The van der Waals surface area contributed by atoms with Crippen molar-refractivity contribution in [1.82, 2.24) is 62.4 Å². The first-order chi connectivity index (χ1) is 42.3. The average molecular weight is 1220 g/mol. The zero-order valence-corrected chi connectivity index (χ0v) is 49.7. The SMILES string of the molecule is [2H]N(C(=O)[C@H](CO)NC(=O)[C@H](Cc1c[nH]c2ccccc12)NC(=O)[C@H](Cc1cnc[nH]1)NC(=O)[C@@H]1CCC(=O)N1)[C@@H](Cc1ccc(O)cc1)C(=O)N[C@@H](CC(C)C)C(=O)N[C@@H](CC(C)C)C(=O)N[C@@H](CCCN=C(N)N)C(=O)N1CCC[C@H]1C(=O)CC(N)=O. The standard InChI is InChI=1S/C59H82N16O13/c1-31(2)21-41(52(82)68-40(11-7-19-64-59(61)62)58(88)75-20-8-12-47(75)48(78)26-49(60)79)69-53(83)42(22-32(3)4)70-54(84)43(23-33-13-15-36(77)16-14-33)71-57(87)46(29-76)74-55(85)44(24-34-27-65-38-10-6-5-9-37(34)38)72-56(86)45(25-35-28-63-30-66-35)73-51(81)39-17-18-50(80)67-39/h5-6,9-10,13-16,27-28,30-32,39-47,65,76-77H,7-8,11-12,17-26,29H2,1-4H3,(H2,60,79)(H,63,66)(H,67,80)(H,68,82)(H,69,83)(H,70,84)(H,71,87)(H,72,86)(H,73,81)(H,74,85)(H4,61,62,64)/t39-,40-,41-,42-,43-,44-,45-,46-,47-/m0/s1/i/hD. The van der Waals surface area contributed by atoms with Gasteiger partial charge in [0.05, 0.1) is 25.4 Å². The number of hydrogen-bond acceptors (Lipinski definition) is 15. The topological polar surface area (TPSA) is 463 Å². The van der Waals surface area contributed by atoms with Gasteiger partial charge in [-0.25, -0.2) is 4.98 Å². The number of likely N-dealkylation sites (tertiary alicyclic amines) is 1. The minimum Gasteiger partial charge on any atom is -0.508 e. The molecule has 2 aliphatic rings. The number of ketones is 1. The normalized spacial score (nSPS) is 17.2. The summed E-state index contributed by atoms with van der Waals surface area (Å²) in [5, 5.41) is 40.4. The average Bonchev–Trinajstić information content (AvgIpc) is 2.97. The molecule has 2 aromatic heterocycles. The Bertz CT molecular complexity index is 3190. The van der Waals surface area contributed by atoms with Gasteiger partial charge in [0.25, 0.3) is 0 Å². The van der Waals surface area contributed by atoms with Crippen LogP contribution in [-0.2, 0) is 72.0 Å². The van der Waals surface area contributed by atoms with Crippen molar-refractivity contribution in [2.75, 3.05) is 19.7 Å². The minimum absolute atomic E-state index is 0.00457. The molecule has 18 N–H and O–H groups in total. The van der Waals surface area contributed by atoms with E-state index in [-0.39, 0.29) is 106 Å². The molecular formula is C59H82N16O13. The van der Waals surface area contributed by atoms with Crippen molar-refractivity contribution in [3.05, 3.63) is 84.1 Å². The van der Waals surface area contributed by atoms with Gasteiger partial charge in [-0.3, -0.25) is 57.7 Å². The Labute approximate surface area is 509 Å². The van der Waals surface area contributed by atoms with Crippen LogP contribution in [0, 0.1) is 11.8 Å². The summed E-state index contributed by atoms with van der Waals surface area (Å²) in [5.41, 5.74) is 18.3. The fraction of sp³-hybridized carbons (Fsp3) is 0.508. The third-order valence-electron chi connectivity index (χ3n) is 14.9. The number of Topliss-reactive ketones (excluding diaryl/α,β-unsaturated/α-hetero) is 1. The van der Waals surface area contributed by atoms with Crippen LogP contribution >= 0.6 is 0 Å². The van der Waals surface area contributed by atoms with Crippen molar-refractivity contribution in [2.45, 2.75) is 159 Å². The van der Waals surface area contributed by atoms with E-state index in [4.69, 9.17) is 17.2 Å². The summed E-state index contributed by atoms with van der Waals surface area (Å²) >= 11 is 0. The van der Waals surface area contributed by atoms with Gasteiger partial charge in [-0.15, -0.1) is 0 Å². The number of hydrogen-bond donors (Lipinski definition) is 15. The first-order valence-electron chi connectivity index (χ1n) is 29.8. The van der Waals surface area contributed by atoms with E-state index in [2.05, 4.69) is 57.2 Å². The lowest BCUT2D eigenvalue weighted by molar-refractivity contribution is -0.142. The highest BCUT2D eigenvalue weighted by atomic mass is 16.3. The van der Waals surface area contributed by atoms with Crippen LogP contribution in [0.2, 0.25) is 1.41 Å². The molecule has 10 amide bonds.